The summed E-state index contributed by atoms with van der Waals surface area (Å²) in [4.78, 5) is 0.307. The first-order chi connectivity index (χ1) is 10.1. The van der Waals surface area contributed by atoms with Crippen molar-refractivity contribution in [3.05, 3.63) is 24.3 Å². The maximum Gasteiger partial charge on any atom is 0.240 e. The molecule has 1 heterocycles. The third kappa shape index (κ3) is 4.18. The normalized spacial score (nSPS) is 22.4. The van der Waals surface area contributed by atoms with Crippen molar-refractivity contribution in [1.82, 2.24) is 10.0 Å². The van der Waals surface area contributed by atoms with Gasteiger partial charge in [0.25, 0.3) is 0 Å². The van der Waals surface area contributed by atoms with Crippen molar-refractivity contribution >= 4 is 10.0 Å². The topological polar surface area (TPSA) is 67.4 Å². The van der Waals surface area contributed by atoms with Gasteiger partial charge in [0.15, 0.2) is 0 Å². The van der Waals surface area contributed by atoms with Crippen molar-refractivity contribution in [2.45, 2.75) is 36.6 Å². The summed E-state index contributed by atoms with van der Waals surface area (Å²) >= 11 is 0. The highest BCUT2D eigenvalue weighted by Crippen LogP contribution is 2.23. The Balaban J connectivity index is 1.51. The molecule has 5 nitrogen and oxygen atoms in total. The Morgan fingerprint density at radius 3 is 2.57 bits per heavy atom. The van der Waals surface area contributed by atoms with Gasteiger partial charge in [-0.3, -0.25) is 0 Å². The van der Waals surface area contributed by atoms with Crippen LogP contribution >= 0.6 is 0 Å². The Kier molecular flexibility index (Phi) is 4.47. The Morgan fingerprint density at radius 1 is 1.19 bits per heavy atom. The van der Waals surface area contributed by atoms with Crippen molar-refractivity contribution in [3.8, 4) is 5.75 Å². The summed E-state index contributed by atoms with van der Waals surface area (Å²) in [6.07, 6.45) is 4.14. The van der Waals surface area contributed by atoms with E-state index in [2.05, 4.69) is 10.0 Å². The van der Waals surface area contributed by atoms with Crippen molar-refractivity contribution in [2.75, 3.05) is 19.7 Å². The molecular formula is C15H22N2O3S. The molecule has 0 amide bonds. The summed E-state index contributed by atoms with van der Waals surface area (Å²) in [6.45, 7) is 2.86. The zero-order chi connectivity index (χ0) is 14.7. The van der Waals surface area contributed by atoms with E-state index in [1.165, 1.54) is 6.42 Å². The van der Waals surface area contributed by atoms with Crippen molar-refractivity contribution in [2.24, 2.45) is 5.92 Å². The molecular weight excluding hydrogens is 288 g/mol. The molecule has 1 aromatic rings. The lowest BCUT2D eigenvalue weighted by molar-refractivity contribution is 0.283. The minimum atomic E-state index is -3.36. The molecule has 1 saturated heterocycles. The lowest BCUT2D eigenvalue weighted by Crippen LogP contribution is -2.25. The minimum Gasteiger partial charge on any atom is -0.494 e. The van der Waals surface area contributed by atoms with Crippen LogP contribution in [-0.2, 0) is 10.0 Å². The molecule has 1 unspecified atom stereocenters. The largest absolute Gasteiger partial charge is 0.494 e. The van der Waals surface area contributed by atoms with Crippen LogP contribution in [0.3, 0.4) is 0 Å². The van der Waals surface area contributed by atoms with Gasteiger partial charge in [-0.1, -0.05) is 0 Å². The van der Waals surface area contributed by atoms with E-state index in [0.29, 0.717) is 17.4 Å². The standard InChI is InChI=1S/C15H22N2O3S/c18-21(19,17-13-1-2-13)15-5-3-14(4-6-15)20-10-8-12-7-9-16-11-12/h3-6,12-13,16-17H,1-2,7-11H2. The summed E-state index contributed by atoms with van der Waals surface area (Å²) in [7, 11) is -3.36. The number of benzene rings is 1. The van der Waals surface area contributed by atoms with Gasteiger partial charge in [-0.15, -0.1) is 0 Å². The summed E-state index contributed by atoms with van der Waals surface area (Å²) in [6, 6.07) is 6.81. The van der Waals surface area contributed by atoms with E-state index in [-0.39, 0.29) is 6.04 Å². The molecule has 0 radical (unpaired) electrons. The third-order valence-electron chi connectivity index (χ3n) is 3.99. The highest BCUT2D eigenvalue weighted by molar-refractivity contribution is 7.89. The Labute approximate surface area is 126 Å². The predicted molar refractivity (Wildman–Crippen MR) is 80.9 cm³/mol. The van der Waals surface area contributed by atoms with Gasteiger partial charge in [-0.25, -0.2) is 13.1 Å². The highest BCUT2D eigenvalue weighted by Gasteiger charge is 2.27. The predicted octanol–water partition coefficient (Wildman–Crippen LogP) is 1.51. The van der Waals surface area contributed by atoms with Gasteiger partial charge in [0.05, 0.1) is 11.5 Å². The number of ether oxygens (including phenoxy) is 1. The van der Waals surface area contributed by atoms with Crippen LogP contribution in [-0.4, -0.2) is 34.2 Å². The Hall–Kier alpha value is -1.11. The summed E-state index contributed by atoms with van der Waals surface area (Å²) in [5.41, 5.74) is 0. The lowest BCUT2D eigenvalue weighted by atomic mass is 10.1. The van der Waals surface area contributed by atoms with Crippen molar-refractivity contribution < 1.29 is 13.2 Å². The first kappa shape index (κ1) is 14.8. The second-order valence-corrected chi connectivity index (χ2v) is 7.58. The molecule has 0 bridgehead atoms. The van der Waals surface area contributed by atoms with Gasteiger partial charge < -0.3 is 10.1 Å². The first-order valence-corrected chi connectivity index (χ1v) is 9.08. The van der Waals surface area contributed by atoms with Crippen LogP contribution in [0, 0.1) is 5.92 Å². The Bertz CT molecular complexity index is 561. The van der Waals surface area contributed by atoms with Crippen LogP contribution in [0.1, 0.15) is 25.7 Å². The molecule has 1 atom stereocenters. The van der Waals surface area contributed by atoms with E-state index in [1.54, 1.807) is 24.3 Å². The molecule has 6 heteroatoms. The molecule has 1 aliphatic carbocycles. The van der Waals surface area contributed by atoms with E-state index in [4.69, 9.17) is 4.74 Å². The molecule has 2 fully saturated rings. The summed E-state index contributed by atoms with van der Waals surface area (Å²) in [5.74, 6) is 1.43. The maximum atomic E-state index is 12.0. The average molecular weight is 310 g/mol. The molecule has 21 heavy (non-hydrogen) atoms. The number of nitrogens with one attached hydrogen (secondary N) is 2. The number of sulfonamides is 1. The minimum absolute atomic E-state index is 0.131. The molecule has 3 rings (SSSR count). The van der Waals surface area contributed by atoms with Gasteiger partial charge in [0.2, 0.25) is 10.0 Å². The monoisotopic (exact) mass is 310 g/mol. The maximum absolute atomic E-state index is 12.0. The van der Waals surface area contributed by atoms with Gasteiger partial charge in [-0.2, -0.15) is 0 Å². The van der Waals surface area contributed by atoms with Gasteiger partial charge in [0, 0.05) is 6.04 Å². The molecule has 0 aromatic heterocycles. The van der Waals surface area contributed by atoms with E-state index in [1.807, 2.05) is 0 Å². The van der Waals surface area contributed by atoms with Gasteiger partial charge in [-0.05, 0) is 69.0 Å². The van der Waals surface area contributed by atoms with Crippen LogP contribution in [0.5, 0.6) is 5.75 Å². The molecule has 0 spiro atoms. The van der Waals surface area contributed by atoms with E-state index in [9.17, 15) is 8.42 Å². The quantitative estimate of drug-likeness (QED) is 0.801. The van der Waals surface area contributed by atoms with Crippen molar-refractivity contribution in [3.63, 3.8) is 0 Å². The fraction of sp³-hybridized carbons (Fsp3) is 0.600. The molecule has 116 valence electrons. The summed E-state index contributed by atoms with van der Waals surface area (Å²) < 4.78 is 32.4. The van der Waals surface area contributed by atoms with Crippen molar-refractivity contribution in [1.29, 1.82) is 0 Å². The average Bonchev–Trinajstić information content (AvgIpc) is 3.11. The van der Waals surface area contributed by atoms with E-state index in [0.717, 1.165) is 38.1 Å². The van der Waals surface area contributed by atoms with Crippen LogP contribution in [0.15, 0.2) is 29.2 Å². The van der Waals surface area contributed by atoms with E-state index >= 15 is 0 Å². The molecule has 2 N–H and O–H groups in total. The SMILES string of the molecule is O=S(=O)(NC1CC1)c1ccc(OCCC2CCNC2)cc1. The fourth-order valence-corrected chi connectivity index (χ4v) is 3.81. The summed E-state index contributed by atoms with van der Waals surface area (Å²) in [5, 5.41) is 3.34. The van der Waals surface area contributed by atoms with Crippen LogP contribution < -0.4 is 14.8 Å². The van der Waals surface area contributed by atoms with Crippen LogP contribution in [0.25, 0.3) is 0 Å². The van der Waals surface area contributed by atoms with E-state index < -0.39 is 10.0 Å². The molecule has 1 aromatic carbocycles. The Morgan fingerprint density at radius 2 is 1.95 bits per heavy atom. The third-order valence-corrected chi connectivity index (χ3v) is 5.53. The molecule has 1 aliphatic heterocycles. The molecule has 1 saturated carbocycles. The fourth-order valence-electron chi connectivity index (χ4n) is 2.51. The first-order valence-electron chi connectivity index (χ1n) is 7.59. The van der Waals surface area contributed by atoms with Gasteiger partial charge >= 0.3 is 0 Å². The highest BCUT2D eigenvalue weighted by atomic mass is 32.2. The zero-order valence-corrected chi connectivity index (χ0v) is 12.9. The van der Waals surface area contributed by atoms with Gasteiger partial charge in [0.1, 0.15) is 5.75 Å². The number of rotatable bonds is 7. The van der Waals surface area contributed by atoms with Crippen LogP contribution in [0.4, 0.5) is 0 Å². The van der Waals surface area contributed by atoms with Crippen LogP contribution in [0.2, 0.25) is 0 Å². The second kappa shape index (κ2) is 6.34. The number of hydrogen-bond donors (Lipinski definition) is 2. The smallest absolute Gasteiger partial charge is 0.240 e. The molecule has 2 aliphatic rings. The second-order valence-electron chi connectivity index (χ2n) is 5.86. The number of hydrogen-bond acceptors (Lipinski definition) is 4. The lowest BCUT2D eigenvalue weighted by Gasteiger charge is -2.11. The zero-order valence-electron chi connectivity index (χ0n) is 12.0.